The van der Waals surface area contributed by atoms with Crippen LogP contribution < -0.4 is 5.73 Å². The summed E-state index contributed by atoms with van der Waals surface area (Å²) in [4.78, 5) is 11.6. The lowest BCUT2D eigenvalue weighted by Gasteiger charge is -2.14. The Hall–Kier alpha value is -2.13. The van der Waals surface area contributed by atoms with E-state index in [-0.39, 0.29) is 18.4 Å². The van der Waals surface area contributed by atoms with E-state index in [2.05, 4.69) is 44.2 Å². The maximum absolute atomic E-state index is 11.6. The standard InChI is InChI=1S/C19H23NO2/c1-4-22-19(21)12-18(20)16-7-5-6-15(11-16)17-10-13(2)8-9-14(17)3/h5-11,18H,4,12,20H2,1-3H3. The predicted octanol–water partition coefficient (Wildman–Crippen LogP) is 3.92. The highest BCUT2D eigenvalue weighted by Crippen LogP contribution is 2.27. The SMILES string of the molecule is CCOC(=O)CC(N)c1cccc(-c2cc(C)ccc2C)c1. The van der Waals surface area contributed by atoms with Crippen LogP contribution in [0.1, 0.15) is 36.1 Å². The van der Waals surface area contributed by atoms with Gasteiger partial charge in [0, 0.05) is 6.04 Å². The highest BCUT2D eigenvalue weighted by atomic mass is 16.5. The summed E-state index contributed by atoms with van der Waals surface area (Å²) in [6, 6.07) is 14.1. The zero-order valence-electron chi connectivity index (χ0n) is 13.4. The molecule has 0 radical (unpaired) electrons. The Morgan fingerprint density at radius 1 is 1.18 bits per heavy atom. The van der Waals surface area contributed by atoms with Crippen molar-refractivity contribution in [3.05, 3.63) is 59.2 Å². The Labute approximate surface area is 132 Å². The fourth-order valence-corrected chi connectivity index (χ4v) is 2.50. The quantitative estimate of drug-likeness (QED) is 0.851. The first-order valence-electron chi connectivity index (χ1n) is 7.60. The smallest absolute Gasteiger partial charge is 0.307 e. The number of esters is 1. The van der Waals surface area contributed by atoms with Crippen molar-refractivity contribution >= 4 is 5.97 Å². The molecular formula is C19H23NO2. The minimum Gasteiger partial charge on any atom is -0.466 e. The normalized spacial score (nSPS) is 12.0. The van der Waals surface area contributed by atoms with E-state index >= 15 is 0 Å². The summed E-state index contributed by atoms with van der Waals surface area (Å²) in [7, 11) is 0. The van der Waals surface area contributed by atoms with Crippen molar-refractivity contribution in [3.8, 4) is 11.1 Å². The van der Waals surface area contributed by atoms with Crippen LogP contribution in [-0.4, -0.2) is 12.6 Å². The largest absolute Gasteiger partial charge is 0.466 e. The van der Waals surface area contributed by atoms with Crippen molar-refractivity contribution in [2.24, 2.45) is 5.73 Å². The first-order valence-corrected chi connectivity index (χ1v) is 7.60. The summed E-state index contributed by atoms with van der Waals surface area (Å²) < 4.78 is 4.96. The molecule has 0 saturated heterocycles. The second-order valence-electron chi connectivity index (χ2n) is 5.56. The van der Waals surface area contributed by atoms with E-state index in [0.717, 1.165) is 11.1 Å². The van der Waals surface area contributed by atoms with Gasteiger partial charge in [-0.25, -0.2) is 0 Å². The van der Waals surface area contributed by atoms with Crippen molar-refractivity contribution in [1.82, 2.24) is 0 Å². The maximum Gasteiger partial charge on any atom is 0.307 e. The molecule has 3 nitrogen and oxygen atoms in total. The number of hydrogen-bond acceptors (Lipinski definition) is 3. The van der Waals surface area contributed by atoms with Gasteiger partial charge in [0.1, 0.15) is 0 Å². The Morgan fingerprint density at radius 2 is 1.95 bits per heavy atom. The lowest BCUT2D eigenvalue weighted by Crippen LogP contribution is -2.17. The van der Waals surface area contributed by atoms with Gasteiger partial charge >= 0.3 is 5.97 Å². The molecule has 2 rings (SSSR count). The zero-order valence-corrected chi connectivity index (χ0v) is 13.4. The van der Waals surface area contributed by atoms with Gasteiger partial charge in [-0.1, -0.05) is 42.0 Å². The van der Waals surface area contributed by atoms with Crippen molar-refractivity contribution in [2.45, 2.75) is 33.2 Å². The summed E-state index contributed by atoms with van der Waals surface area (Å²) in [6.07, 6.45) is 0.199. The first kappa shape index (κ1) is 16.2. The Morgan fingerprint density at radius 3 is 2.68 bits per heavy atom. The molecule has 0 aromatic heterocycles. The highest BCUT2D eigenvalue weighted by molar-refractivity contribution is 5.71. The molecular weight excluding hydrogens is 274 g/mol. The molecule has 0 bridgehead atoms. The number of nitrogens with two attached hydrogens (primary N) is 1. The van der Waals surface area contributed by atoms with Crippen molar-refractivity contribution in [2.75, 3.05) is 6.61 Å². The highest BCUT2D eigenvalue weighted by Gasteiger charge is 2.13. The molecule has 0 spiro atoms. The zero-order chi connectivity index (χ0) is 16.1. The van der Waals surface area contributed by atoms with Gasteiger partial charge in [0.05, 0.1) is 13.0 Å². The fraction of sp³-hybridized carbons (Fsp3) is 0.316. The number of rotatable bonds is 5. The van der Waals surface area contributed by atoms with E-state index in [1.54, 1.807) is 6.92 Å². The molecule has 1 atom stereocenters. The minimum atomic E-state index is -0.343. The number of aryl methyl sites for hydroxylation is 2. The van der Waals surface area contributed by atoms with Gasteiger partial charge in [0.25, 0.3) is 0 Å². The van der Waals surface area contributed by atoms with Crippen LogP contribution in [0.3, 0.4) is 0 Å². The second-order valence-corrected chi connectivity index (χ2v) is 5.56. The molecule has 2 N–H and O–H groups in total. The van der Waals surface area contributed by atoms with Gasteiger partial charge < -0.3 is 10.5 Å². The van der Waals surface area contributed by atoms with Crippen LogP contribution in [0.15, 0.2) is 42.5 Å². The Kier molecular flexibility index (Phi) is 5.34. The van der Waals surface area contributed by atoms with Crippen LogP contribution in [0, 0.1) is 13.8 Å². The number of benzene rings is 2. The first-order chi connectivity index (χ1) is 10.5. The molecule has 2 aromatic rings. The summed E-state index contributed by atoms with van der Waals surface area (Å²) in [5.74, 6) is -0.257. The van der Waals surface area contributed by atoms with E-state index in [1.165, 1.54) is 16.7 Å². The number of ether oxygens (including phenoxy) is 1. The predicted molar refractivity (Wildman–Crippen MR) is 89.5 cm³/mol. The van der Waals surface area contributed by atoms with Crippen molar-refractivity contribution in [1.29, 1.82) is 0 Å². The van der Waals surface area contributed by atoms with E-state index < -0.39 is 0 Å². The van der Waals surface area contributed by atoms with E-state index in [1.807, 2.05) is 12.1 Å². The van der Waals surface area contributed by atoms with Gasteiger partial charge in [-0.2, -0.15) is 0 Å². The molecule has 0 amide bonds. The summed E-state index contributed by atoms with van der Waals surface area (Å²) in [6.45, 7) is 6.36. The molecule has 0 aliphatic heterocycles. The van der Waals surface area contributed by atoms with Crippen LogP contribution in [-0.2, 0) is 9.53 Å². The number of hydrogen-bond donors (Lipinski definition) is 1. The number of carbonyl (C=O) groups is 1. The Bertz CT molecular complexity index is 664. The minimum absolute atomic E-state index is 0.199. The average molecular weight is 297 g/mol. The van der Waals surface area contributed by atoms with Crippen LogP contribution >= 0.6 is 0 Å². The molecule has 0 saturated carbocycles. The van der Waals surface area contributed by atoms with Gasteiger partial charge in [0.15, 0.2) is 0 Å². The van der Waals surface area contributed by atoms with E-state index in [0.29, 0.717) is 6.61 Å². The third-order valence-corrected chi connectivity index (χ3v) is 3.71. The fourth-order valence-electron chi connectivity index (χ4n) is 2.50. The monoisotopic (exact) mass is 297 g/mol. The summed E-state index contributed by atoms with van der Waals surface area (Å²) in [5, 5.41) is 0. The molecule has 22 heavy (non-hydrogen) atoms. The van der Waals surface area contributed by atoms with E-state index in [9.17, 15) is 4.79 Å². The van der Waals surface area contributed by atoms with Gasteiger partial charge in [-0.3, -0.25) is 4.79 Å². The van der Waals surface area contributed by atoms with E-state index in [4.69, 9.17) is 10.5 Å². The third-order valence-electron chi connectivity index (χ3n) is 3.71. The van der Waals surface area contributed by atoms with Gasteiger partial charge in [-0.15, -0.1) is 0 Å². The molecule has 1 unspecified atom stereocenters. The topological polar surface area (TPSA) is 52.3 Å². The lowest BCUT2D eigenvalue weighted by atomic mass is 9.95. The van der Waals surface area contributed by atoms with Gasteiger partial charge in [0.2, 0.25) is 0 Å². The molecule has 3 heteroatoms. The van der Waals surface area contributed by atoms with Crippen LogP contribution in [0.25, 0.3) is 11.1 Å². The summed E-state index contributed by atoms with van der Waals surface area (Å²) >= 11 is 0. The molecule has 2 aromatic carbocycles. The maximum atomic E-state index is 11.6. The Balaban J connectivity index is 2.26. The third kappa shape index (κ3) is 3.95. The molecule has 0 aliphatic rings. The van der Waals surface area contributed by atoms with Crippen LogP contribution in [0.5, 0.6) is 0 Å². The summed E-state index contributed by atoms with van der Waals surface area (Å²) in [5.41, 5.74) is 11.9. The van der Waals surface area contributed by atoms with Gasteiger partial charge in [-0.05, 0) is 49.1 Å². The van der Waals surface area contributed by atoms with Crippen LogP contribution in [0.2, 0.25) is 0 Å². The molecule has 116 valence electrons. The number of carbonyl (C=O) groups excluding carboxylic acids is 1. The molecule has 0 heterocycles. The van der Waals surface area contributed by atoms with Crippen LogP contribution in [0.4, 0.5) is 0 Å². The van der Waals surface area contributed by atoms with Crippen molar-refractivity contribution in [3.63, 3.8) is 0 Å². The lowest BCUT2D eigenvalue weighted by molar-refractivity contribution is -0.143. The second kappa shape index (κ2) is 7.23. The van der Waals surface area contributed by atoms with Crippen molar-refractivity contribution < 1.29 is 9.53 Å². The molecule has 0 fully saturated rings. The average Bonchev–Trinajstić information content (AvgIpc) is 2.50. The molecule has 0 aliphatic carbocycles.